The lowest BCUT2D eigenvalue weighted by Crippen LogP contribution is -2.11. The van der Waals surface area contributed by atoms with Gasteiger partial charge < -0.3 is 10.5 Å². The Hall–Kier alpha value is -0.910. The van der Waals surface area contributed by atoms with Gasteiger partial charge in [-0.05, 0) is 46.3 Å². The van der Waals surface area contributed by atoms with Crippen molar-refractivity contribution in [3.05, 3.63) is 50.4 Å². The van der Waals surface area contributed by atoms with Gasteiger partial charge in [0, 0.05) is 10.4 Å². The normalized spacial score (nSPS) is 12.5. The van der Waals surface area contributed by atoms with Gasteiger partial charge in [0.1, 0.15) is 11.6 Å². The van der Waals surface area contributed by atoms with Gasteiger partial charge in [0.2, 0.25) is 0 Å². The molecule has 2 aromatic rings. The fourth-order valence-corrected chi connectivity index (χ4v) is 3.04. The molecular formula is C12H11BrFNOS. The molecule has 0 aliphatic rings. The summed E-state index contributed by atoms with van der Waals surface area (Å²) in [7, 11) is 1.55. The topological polar surface area (TPSA) is 35.2 Å². The Labute approximate surface area is 111 Å². The van der Waals surface area contributed by atoms with Crippen LogP contribution < -0.4 is 10.5 Å². The number of halogens is 2. The van der Waals surface area contributed by atoms with Crippen molar-refractivity contribution in [3.63, 3.8) is 0 Å². The molecular weight excluding hydrogens is 305 g/mol. The summed E-state index contributed by atoms with van der Waals surface area (Å²) in [5.41, 5.74) is 6.77. The Kier molecular flexibility index (Phi) is 3.81. The van der Waals surface area contributed by atoms with E-state index in [1.165, 1.54) is 23.5 Å². The average molecular weight is 316 g/mol. The van der Waals surface area contributed by atoms with Crippen LogP contribution in [0, 0.1) is 5.82 Å². The first-order valence-electron chi connectivity index (χ1n) is 4.96. The fourth-order valence-electron chi connectivity index (χ4n) is 1.60. The van der Waals surface area contributed by atoms with Crippen molar-refractivity contribution in [2.75, 3.05) is 7.11 Å². The van der Waals surface area contributed by atoms with Crippen molar-refractivity contribution in [1.29, 1.82) is 0 Å². The molecule has 17 heavy (non-hydrogen) atoms. The molecule has 90 valence electrons. The SMILES string of the molecule is COc1ccc(F)cc1C(N)c1ccc(Br)s1. The molecule has 0 bridgehead atoms. The van der Waals surface area contributed by atoms with E-state index in [1.807, 2.05) is 12.1 Å². The molecule has 2 rings (SSSR count). The number of benzene rings is 1. The number of ether oxygens (including phenoxy) is 1. The molecule has 1 heterocycles. The van der Waals surface area contributed by atoms with Crippen molar-refractivity contribution in [2.24, 2.45) is 5.73 Å². The maximum absolute atomic E-state index is 13.2. The van der Waals surface area contributed by atoms with Crippen LogP contribution in [0.25, 0.3) is 0 Å². The molecule has 2 N–H and O–H groups in total. The highest BCUT2D eigenvalue weighted by molar-refractivity contribution is 9.11. The minimum atomic E-state index is -0.378. The largest absolute Gasteiger partial charge is 0.496 e. The van der Waals surface area contributed by atoms with E-state index in [4.69, 9.17) is 10.5 Å². The Bertz CT molecular complexity index is 529. The first kappa shape index (κ1) is 12.5. The number of hydrogen-bond acceptors (Lipinski definition) is 3. The summed E-state index contributed by atoms with van der Waals surface area (Å²) in [6.07, 6.45) is 0. The van der Waals surface area contributed by atoms with E-state index in [0.717, 1.165) is 8.66 Å². The van der Waals surface area contributed by atoms with Crippen LogP contribution >= 0.6 is 27.3 Å². The molecule has 0 amide bonds. The summed E-state index contributed by atoms with van der Waals surface area (Å²) in [6, 6.07) is 7.83. The van der Waals surface area contributed by atoms with E-state index >= 15 is 0 Å². The number of thiophene rings is 1. The van der Waals surface area contributed by atoms with E-state index in [2.05, 4.69) is 15.9 Å². The Balaban J connectivity index is 2.42. The van der Waals surface area contributed by atoms with Gasteiger partial charge >= 0.3 is 0 Å². The predicted molar refractivity (Wildman–Crippen MR) is 71.0 cm³/mol. The molecule has 1 aromatic heterocycles. The van der Waals surface area contributed by atoms with Gasteiger partial charge in [0.15, 0.2) is 0 Å². The molecule has 1 atom stereocenters. The Morgan fingerprint density at radius 1 is 1.35 bits per heavy atom. The van der Waals surface area contributed by atoms with Crippen molar-refractivity contribution in [3.8, 4) is 5.75 Å². The molecule has 0 radical (unpaired) electrons. The number of rotatable bonds is 3. The van der Waals surface area contributed by atoms with Gasteiger partial charge in [0.05, 0.1) is 16.9 Å². The van der Waals surface area contributed by atoms with E-state index in [9.17, 15) is 4.39 Å². The van der Waals surface area contributed by atoms with E-state index in [1.54, 1.807) is 13.2 Å². The molecule has 1 aromatic carbocycles. The second-order valence-electron chi connectivity index (χ2n) is 3.51. The molecule has 0 saturated carbocycles. The molecule has 0 aliphatic heterocycles. The Morgan fingerprint density at radius 3 is 2.71 bits per heavy atom. The van der Waals surface area contributed by atoms with Crippen molar-refractivity contribution >= 4 is 27.3 Å². The molecule has 2 nitrogen and oxygen atoms in total. The second-order valence-corrected chi connectivity index (χ2v) is 6.00. The average Bonchev–Trinajstić information content (AvgIpc) is 2.75. The van der Waals surface area contributed by atoms with Crippen molar-refractivity contribution in [1.82, 2.24) is 0 Å². The maximum Gasteiger partial charge on any atom is 0.124 e. The van der Waals surface area contributed by atoms with E-state index in [-0.39, 0.29) is 11.9 Å². The highest BCUT2D eigenvalue weighted by atomic mass is 79.9. The molecule has 0 spiro atoms. The predicted octanol–water partition coefficient (Wildman–Crippen LogP) is 3.71. The zero-order valence-electron chi connectivity index (χ0n) is 9.11. The van der Waals surface area contributed by atoms with Gasteiger partial charge in [0.25, 0.3) is 0 Å². The van der Waals surface area contributed by atoms with Crippen LogP contribution in [-0.4, -0.2) is 7.11 Å². The minimum Gasteiger partial charge on any atom is -0.496 e. The highest BCUT2D eigenvalue weighted by Gasteiger charge is 2.16. The van der Waals surface area contributed by atoms with E-state index < -0.39 is 0 Å². The molecule has 5 heteroatoms. The third-order valence-corrected chi connectivity index (χ3v) is 4.13. The monoisotopic (exact) mass is 315 g/mol. The van der Waals surface area contributed by atoms with Crippen LogP contribution in [0.5, 0.6) is 5.75 Å². The Morgan fingerprint density at radius 2 is 2.12 bits per heavy atom. The molecule has 0 aliphatic carbocycles. The number of methoxy groups -OCH3 is 1. The standard InChI is InChI=1S/C12H11BrFNOS/c1-16-9-3-2-7(14)6-8(9)12(15)10-4-5-11(13)17-10/h2-6,12H,15H2,1H3. The highest BCUT2D eigenvalue weighted by Crippen LogP contribution is 2.34. The lowest BCUT2D eigenvalue weighted by molar-refractivity contribution is 0.406. The summed E-state index contributed by atoms with van der Waals surface area (Å²) in [4.78, 5) is 0.959. The van der Waals surface area contributed by atoms with Crippen LogP contribution in [-0.2, 0) is 0 Å². The molecule has 0 saturated heterocycles. The lowest BCUT2D eigenvalue weighted by atomic mass is 10.0. The van der Waals surface area contributed by atoms with E-state index in [0.29, 0.717) is 11.3 Å². The summed E-state index contributed by atoms with van der Waals surface area (Å²) in [5, 5.41) is 0. The first-order valence-corrected chi connectivity index (χ1v) is 6.57. The molecule has 1 unspecified atom stereocenters. The zero-order valence-corrected chi connectivity index (χ0v) is 11.5. The van der Waals surface area contributed by atoms with Gasteiger partial charge in [-0.15, -0.1) is 11.3 Å². The number of hydrogen-bond donors (Lipinski definition) is 1. The third kappa shape index (κ3) is 2.68. The summed E-state index contributed by atoms with van der Waals surface area (Å²) in [6.45, 7) is 0. The number of nitrogens with two attached hydrogens (primary N) is 1. The summed E-state index contributed by atoms with van der Waals surface area (Å²) < 4.78 is 19.4. The lowest BCUT2D eigenvalue weighted by Gasteiger charge is -2.14. The zero-order chi connectivity index (χ0) is 12.4. The van der Waals surface area contributed by atoms with Crippen LogP contribution in [0.4, 0.5) is 4.39 Å². The minimum absolute atomic E-state index is 0.313. The van der Waals surface area contributed by atoms with Crippen molar-refractivity contribution in [2.45, 2.75) is 6.04 Å². The van der Waals surface area contributed by atoms with Crippen LogP contribution in [0.1, 0.15) is 16.5 Å². The van der Waals surface area contributed by atoms with Crippen LogP contribution in [0.2, 0.25) is 0 Å². The first-order chi connectivity index (χ1) is 8.11. The summed E-state index contributed by atoms with van der Waals surface area (Å²) >= 11 is 4.91. The maximum atomic E-state index is 13.2. The third-order valence-electron chi connectivity index (χ3n) is 2.43. The molecule has 0 fully saturated rings. The van der Waals surface area contributed by atoms with Gasteiger partial charge in [-0.25, -0.2) is 4.39 Å². The van der Waals surface area contributed by atoms with Crippen LogP contribution in [0.3, 0.4) is 0 Å². The van der Waals surface area contributed by atoms with Gasteiger partial charge in [-0.1, -0.05) is 0 Å². The fraction of sp³-hybridized carbons (Fsp3) is 0.167. The quantitative estimate of drug-likeness (QED) is 0.937. The van der Waals surface area contributed by atoms with Gasteiger partial charge in [-0.2, -0.15) is 0 Å². The smallest absolute Gasteiger partial charge is 0.124 e. The van der Waals surface area contributed by atoms with Gasteiger partial charge in [-0.3, -0.25) is 0 Å². The summed E-state index contributed by atoms with van der Waals surface area (Å²) in [5.74, 6) is 0.287. The van der Waals surface area contributed by atoms with Crippen LogP contribution in [0.15, 0.2) is 34.1 Å². The van der Waals surface area contributed by atoms with Crippen molar-refractivity contribution < 1.29 is 9.13 Å². The second kappa shape index (κ2) is 5.16.